The van der Waals surface area contributed by atoms with Gasteiger partial charge in [0.1, 0.15) is 0 Å². The van der Waals surface area contributed by atoms with Gasteiger partial charge in [-0.2, -0.15) is 0 Å². The van der Waals surface area contributed by atoms with E-state index in [-0.39, 0.29) is 0 Å². The van der Waals surface area contributed by atoms with Crippen molar-refractivity contribution in [2.24, 2.45) is 5.92 Å². The zero-order valence-electron chi connectivity index (χ0n) is 10.9. The summed E-state index contributed by atoms with van der Waals surface area (Å²) in [6.45, 7) is 6.86. The lowest BCUT2D eigenvalue weighted by Gasteiger charge is -2.32. The lowest BCUT2D eigenvalue weighted by Crippen LogP contribution is -2.41. The van der Waals surface area contributed by atoms with E-state index in [0.29, 0.717) is 6.04 Å². The maximum absolute atomic E-state index is 3.78. The van der Waals surface area contributed by atoms with Gasteiger partial charge in [-0.15, -0.1) is 0 Å². The predicted molar refractivity (Wildman–Crippen MR) is 68.2 cm³/mol. The normalized spacial score (nSPS) is 20.8. The number of hydrogen-bond donors (Lipinski definition) is 1. The average molecular weight is 211 g/mol. The molecule has 0 amide bonds. The Bertz CT molecular complexity index is 147. The SMILES string of the molecule is CCCCC(NC(C)C)C1CCCCC1. The quantitative estimate of drug-likeness (QED) is 0.697. The van der Waals surface area contributed by atoms with Crippen LogP contribution in [-0.4, -0.2) is 12.1 Å². The number of hydrogen-bond acceptors (Lipinski definition) is 1. The van der Waals surface area contributed by atoms with Crippen molar-refractivity contribution in [2.75, 3.05) is 0 Å². The molecule has 0 spiro atoms. The summed E-state index contributed by atoms with van der Waals surface area (Å²) in [5.74, 6) is 0.965. The average Bonchev–Trinajstić information content (AvgIpc) is 2.25. The molecular formula is C14H29N. The zero-order valence-corrected chi connectivity index (χ0v) is 10.9. The minimum absolute atomic E-state index is 0.647. The summed E-state index contributed by atoms with van der Waals surface area (Å²) in [6.07, 6.45) is 11.4. The summed E-state index contributed by atoms with van der Waals surface area (Å²) in [5, 5.41) is 3.78. The van der Waals surface area contributed by atoms with Gasteiger partial charge in [0.2, 0.25) is 0 Å². The van der Waals surface area contributed by atoms with Gasteiger partial charge in [-0.05, 0) is 25.2 Å². The summed E-state index contributed by atoms with van der Waals surface area (Å²) in [5.41, 5.74) is 0. The fourth-order valence-corrected chi connectivity index (χ4v) is 2.84. The minimum Gasteiger partial charge on any atom is -0.312 e. The van der Waals surface area contributed by atoms with Gasteiger partial charge >= 0.3 is 0 Å². The summed E-state index contributed by atoms with van der Waals surface area (Å²) in [4.78, 5) is 0. The number of rotatable bonds is 6. The molecule has 0 radical (unpaired) electrons. The molecule has 1 nitrogen and oxygen atoms in total. The molecule has 0 aliphatic heterocycles. The van der Waals surface area contributed by atoms with Crippen LogP contribution in [0.2, 0.25) is 0 Å². The van der Waals surface area contributed by atoms with Gasteiger partial charge in [-0.3, -0.25) is 0 Å². The Morgan fingerprint density at radius 2 is 1.80 bits per heavy atom. The smallest absolute Gasteiger partial charge is 0.00976 e. The van der Waals surface area contributed by atoms with E-state index >= 15 is 0 Å². The van der Waals surface area contributed by atoms with Gasteiger partial charge in [0.05, 0.1) is 0 Å². The molecule has 1 unspecified atom stereocenters. The van der Waals surface area contributed by atoms with Crippen LogP contribution in [0.25, 0.3) is 0 Å². The van der Waals surface area contributed by atoms with Crippen LogP contribution in [0.4, 0.5) is 0 Å². The standard InChI is InChI=1S/C14H29N/c1-4-5-11-14(15-12(2)3)13-9-7-6-8-10-13/h12-15H,4-11H2,1-3H3. The van der Waals surface area contributed by atoms with E-state index in [4.69, 9.17) is 0 Å². The zero-order chi connectivity index (χ0) is 11.1. The second-order valence-corrected chi connectivity index (χ2v) is 5.47. The van der Waals surface area contributed by atoms with Crippen molar-refractivity contribution < 1.29 is 0 Å². The molecule has 0 aromatic heterocycles. The van der Waals surface area contributed by atoms with Crippen molar-refractivity contribution in [3.8, 4) is 0 Å². The lowest BCUT2D eigenvalue weighted by atomic mass is 9.82. The first-order chi connectivity index (χ1) is 7.24. The first kappa shape index (κ1) is 13.0. The summed E-state index contributed by atoms with van der Waals surface area (Å²) in [6, 6.07) is 1.44. The van der Waals surface area contributed by atoms with Crippen molar-refractivity contribution in [3.63, 3.8) is 0 Å². The van der Waals surface area contributed by atoms with Gasteiger partial charge in [0, 0.05) is 12.1 Å². The highest BCUT2D eigenvalue weighted by Gasteiger charge is 2.23. The topological polar surface area (TPSA) is 12.0 Å². The van der Waals surface area contributed by atoms with Crippen molar-refractivity contribution >= 4 is 0 Å². The highest BCUT2D eigenvalue weighted by atomic mass is 14.9. The van der Waals surface area contributed by atoms with Gasteiger partial charge in [-0.25, -0.2) is 0 Å². The monoisotopic (exact) mass is 211 g/mol. The molecular weight excluding hydrogens is 182 g/mol. The molecule has 0 aromatic rings. The second kappa shape index (κ2) is 7.27. The van der Waals surface area contributed by atoms with Crippen LogP contribution in [-0.2, 0) is 0 Å². The predicted octanol–water partition coefficient (Wildman–Crippen LogP) is 4.12. The Labute approximate surface area is 96.0 Å². The summed E-state index contributed by atoms with van der Waals surface area (Å²) < 4.78 is 0. The van der Waals surface area contributed by atoms with E-state index in [1.165, 1.54) is 51.4 Å². The Hall–Kier alpha value is -0.0400. The van der Waals surface area contributed by atoms with Gasteiger partial charge in [0.15, 0.2) is 0 Å². The van der Waals surface area contributed by atoms with Crippen molar-refractivity contribution in [1.82, 2.24) is 5.32 Å². The van der Waals surface area contributed by atoms with Gasteiger partial charge in [-0.1, -0.05) is 52.9 Å². The van der Waals surface area contributed by atoms with Gasteiger partial charge < -0.3 is 5.32 Å². The molecule has 1 saturated carbocycles. The minimum atomic E-state index is 0.647. The third-order valence-corrected chi connectivity index (χ3v) is 3.63. The molecule has 90 valence electrons. The van der Waals surface area contributed by atoms with Crippen LogP contribution in [0, 0.1) is 5.92 Å². The first-order valence-corrected chi connectivity index (χ1v) is 7.00. The third kappa shape index (κ3) is 5.01. The number of unbranched alkanes of at least 4 members (excludes halogenated alkanes) is 1. The largest absolute Gasteiger partial charge is 0.312 e. The van der Waals surface area contributed by atoms with E-state index in [1.54, 1.807) is 0 Å². The van der Waals surface area contributed by atoms with Crippen LogP contribution in [0.3, 0.4) is 0 Å². The summed E-state index contributed by atoms with van der Waals surface area (Å²) in [7, 11) is 0. The van der Waals surface area contributed by atoms with E-state index in [0.717, 1.165) is 12.0 Å². The molecule has 1 fully saturated rings. The van der Waals surface area contributed by atoms with Crippen LogP contribution in [0.5, 0.6) is 0 Å². The molecule has 15 heavy (non-hydrogen) atoms. The Kier molecular flexibility index (Phi) is 6.31. The Balaban J connectivity index is 2.37. The highest BCUT2D eigenvalue weighted by Crippen LogP contribution is 2.28. The van der Waals surface area contributed by atoms with E-state index < -0.39 is 0 Å². The molecule has 1 heteroatoms. The van der Waals surface area contributed by atoms with Crippen LogP contribution in [0.1, 0.15) is 72.1 Å². The van der Waals surface area contributed by atoms with E-state index in [2.05, 4.69) is 26.1 Å². The molecule has 1 N–H and O–H groups in total. The first-order valence-electron chi connectivity index (χ1n) is 7.00. The Morgan fingerprint density at radius 1 is 1.13 bits per heavy atom. The lowest BCUT2D eigenvalue weighted by molar-refractivity contribution is 0.244. The number of nitrogens with one attached hydrogen (secondary N) is 1. The second-order valence-electron chi connectivity index (χ2n) is 5.47. The van der Waals surface area contributed by atoms with Gasteiger partial charge in [0.25, 0.3) is 0 Å². The Morgan fingerprint density at radius 3 is 2.33 bits per heavy atom. The highest BCUT2D eigenvalue weighted by molar-refractivity contribution is 4.80. The third-order valence-electron chi connectivity index (χ3n) is 3.63. The molecule has 1 atom stereocenters. The molecule has 1 aliphatic rings. The fourth-order valence-electron chi connectivity index (χ4n) is 2.84. The summed E-state index contributed by atoms with van der Waals surface area (Å²) >= 11 is 0. The maximum Gasteiger partial charge on any atom is 0.00976 e. The van der Waals surface area contributed by atoms with Crippen LogP contribution < -0.4 is 5.32 Å². The molecule has 0 aromatic carbocycles. The van der Waals surface area contributed by atoms with Crippen molar-refractivity contribution in [3.05, 3.63) is 0 Å². The molecule has 1 rings (SSSR count). The van der Waals surface area contributed by atoms with Crippen molar-refractivity contribution in [1.29, 1.82) is 0 Å². The molecule has 0 saturated heterocycles. The molecule has 0 heterocycles. The van der Waals surface area contributed by atoms with E-state index in [9.17, 15) is 0 Å². The van der Waals surface area contributed by atoms with Crippen LogP contribution in [0.15, 0.2) is 0 Å². The van der Waals surface area contributed by atoms with Crippen molar-refractivity contribution in [2.45, 2.75) is 84.2 Å². The fraction of sp³-hybridized carbons (Fsp3) is 1.00. The van der Waals surface area contributed by atoms with E-state index in [1.807, 2.05) is 0 Å². The maximum atomic E-state index is 3.78. The van der Waals surface area contributed by atoms with Crippen LogP contribution >= 0.6 is 0 Å². The molecule has 0 bridgehead atoms. The molecule has 1 aliphatic carbocycles.